The zero-order valence-corrected chi connectivity index (χ0v) is 10.5. The standard InChI is InChI=1S/C11H13NO3.C2H6/c1-8-3-2-4-9(7-8)12-10(13)5-6-11(14)15;1-2/h2-4,7H,5-6H2,1H3,(H,12,13)(H,14,15);1-2H3. The normalized spacial score (nSPS) is 8.88. The van der Waals surface area contributed by atoms with Crippen molar-refractivity contribution >= 4 is 17.6 Å². The van der Waals surface area contributed by atoms with E-state index in [-0.39, 0.29) is 18.7 Å². The molecule has 0 aromatic heterocycles. The Morgan fingerprint density at radius 1 is 1.24 bits per heavy atom. The van der Waals surface area contributed by atoms with Gasteiger partial charge in [0.25, 0.3) is 0 Å². The number of amides is 1. The number of benzene rings is 1. The molecule has 0 heterocycles. The van der Waals surface area contributed by atoms with Crippen molar-refractivity contribution in [1.82, 2.24) is 0 Å². The van der Waals surface area contributed by atoms with E-state index in [0.717, 1.165) is 5.56 Å². The summed E-state index contributed by atoms with van der Waals surface area (Å²) in [6, 6.07) is 7.36. The second-order valence-electron chi connectivity index (χ2n) is 3.31. The lowest BCUT2D eigenvalue weighted by atomic mass is 10.2. The van der Waals surface area contributed by atoms with E-state index in [9.17, 15) is 9.59 Å². The van der Waals surface area contributed by atoms with Crippen LogP contribution in [0, 0.1) is 6.92 Å². The summed E-state index contributed by atoms with van der Waals surface area (Å²) in [5, 5.41) is 11.0. The molecule has 1 aromatic carbocycles. The first-order chi connectivity index (χ1) is 8.08. The molecule has 0 saturated carbocycles. The molecule has 0 radical (unpaired) electrons. The maximum Gasteiger partial charge on any atom is 0.303 e. The summed E-state index contributed by atoms with van der Waals surface area (Å²) in [7, 11) is 0. The van der Waals surface area contributed by atoms with Crippen LogP contribution in [0.4, 0.5) is 5.69 Å². The molecule has 17 heavy (non-hydrogen) atoms. The van der Waals surface area contributed by atoms with Crippen LogP contribution in [0.15, 0.2) is 24.3 Å². The number of aryl methyl sites for hydroxylation is 1. The van der Waals surface area contributed by atoms with E-state index >= 15 is 0 Å². The number of hydrogen-bond acceptors (Lipinski definition) is 2. The summed E-state index contributed by atoms with van der Waals surface area (Å²) >= 11 is 0. The fourth-order valence-corrected chi connectivity index (χ4v) is 1.17. The van der Waals surface area contributed by atoms with E-state index in [0.29, 0.717) is 5.69 Å². The molecule has 0 aliphatic carbocycles. The van der Waals surface area contributed by atoms with Crippen molar-refractivity contribution in [2.45, 2.75) is 33.6 Å². The third-order valence-corrected chi connectivity index (χ3v) is 1.87. The van der Waals surface area contributed by atoms with E-state index in [1.54, 1.807) is 6.07 Å². The van der Waals surface area contributed by atoms with Gasteiger partial charge in [0.15, 0.2) is 0 Å². The predicted octanol–water partition coefficient (Wildman–Crippen LogP) is 2.82. The molecule has 2 N–H and O–H groups in total. The minimum Gasteiger partial charge on any atom is -0.481 e. The highest BCUT2D eigenvalue weighted by atomic mass is 16.4. The van der Waals surface area contributed by atoms with Gasteiger partial charge in [-0.2, -0.15) is 0 Å². The fraction of sp³-hybridized carbons (Fsp3) is 0.385. The molecular weight excluding hydrogens is 218 g/mol. The molecule has 0 atom stereocenters. The van der Waals surface area contributed by atoms with E-state index in [1.807, 2.05) is 39.0 Å². The third kappa shape index (κ3) is 7.11. The average molecular weight is 237 g/mol. The second kappa shape index (κ2) is 8.33. The van der Waals surface area contributed by atoms with E-state index in [1.165, 1.54) is 0 Å². The van der Waals surface area contributed by atoms with Gasteiger partial charge in [-0.05, 0) is 24.6 Å². The Balaban J connectivity index is 0.00000121. The minimum atomic E-state index is -0.964. The van der Waals surface area contributed by atoms with Crippen LogP contribution in [0.3, 0.4) is 0 Å². The van der Waals surface area contributed by atoms with Crippen LogP contribution in [-0.2, 0) is 9.59 Å². The minimum absolute atomic E-state index is 0.00325. The number of nitrogens with one attached hydrogen (secondary N) is 1. The largest absolute Gasteiger partial charge is 0.481 e. The zero-order valence-electron chi connectivity index (χ0n) is 10.5. The predicted molar refractivity (Wildman–Crippen MR) is 68.0 cm³/mol. The Bertz CT molecular complexity index is 375. The number of hydrogen-bond donors (Lipinski definition) is 2. The number of carbonyl (C=O) groups excluding carboxylic acids is 1. The summed E-state index contributed by atoms with van der Waals surface area (Å²) in [6.45, 7) is 5.92. The number of carboxylic acids is 1. The molecule has 4 heteroatoms. The fourth-order valence-electron chi connectivity index (χ4n) is 1.17. The molecule has 0 aliphatic heterocycles. The van der Waals surface area contributed by atoms with Gasteiger partial charge >= 0.3 is 5.97 Å². The number of rotatable bonds is 4. The van der Waals surface area contributed by atoms with Crippen molar-refractivity contribution in [1.29, 1.82) is 0 Å². The number of aliphatic carboxylic acids is 1. The van der Waals surface area contributed by atoms with E-state index < -0.39 is 5.97 Å². The van der Waals surface area contributed by atoms with Gasteiger partial charge in [-0.3, -0.25) is 9.59 Å². The number of anilines is 1. The molecule has 0 spiro atoms. The third-order valence-electron chi connectivity index (χ3n) is 1.87. The molecule has 0 unspecified atom stereocenters. The van der Waals surface area contributed by atoms with Gasteiger partial charge in [0, 0.05) is 12.1 Å². The Labute approximate surface area is 102 Å². The summed E-state index contributed by atoms with van der Waals surface area (Å²) in [5.74, 6) is -1.24. The Hall–Kier alpha value is -1.84. The van der Waals surface area contributed by atoms with Crippen LogP contribution < -0.4 is 5.32 Å². The molecule has 94 valence electrons. The number of carbonyl (C=O) groups is 2. The van der Waals surface area contributed by atoms with Crippen LogP contribution in [0.1, 0.15) is 32.3 Å². The van der Waals surface area contributed by atoms with Crippen molar-refractivity contribution in [3.8, 4) is 0 Å². The summed E-state index contributed by atoms with van der Waals surface area (Å²) in [4.78, 5) is 21.5. The van der Waals surface area contributed by atoms with Gasteiger partial charge in [-0.25, -0.2) is 0 Å². The highest BCUT2D eigenvalue weighted by Crippen LogP contribution is 2.09. The smallest absolute Gasteiger partial charge is 0.303 e. The average Bonchev–Trinajstić information content (AvgIpc) is 2.29. The van der Waals surface area contributed by atoms with Crippen LogP contribution >= 0.6 is 0 Å². The molecule has 1 rings (SSSR count). The maximum absolute atomic E-state index is 11.3. The lowest BCUT2D eigenvalue weighted by Crippen LogP contribution is -2.13. The van der Waals surface area contributed by atoms with Crippen LogP contribution in [0.25, 0.3) is 0 Å². The first kappa shape index (κ1) is 15.2. The van der Waals surface area contributed by atoms with E-state index in [2.05, 4.69) is 5.32 Å². The molecule has 4 nitrogen and oxygen atoms in total. The molecule has 0 fully saturated rings. The maximum atomic E-state index is 11.3. The molecule has 0 bridgehead atoms. The second-order valence-corrected chi connectivity index (χ2v) is 3.31. The molecule has 0 saturated heterocycles. The summed E-state index contributed by atoms with van der Waals surface area (Å²) < 4.78 is 0. The Kier molecular flexibility index (Phi) is 7.43. The number of carboxylic acid groups (broad SMARTS) is 1. The van der Waals surface area contributed by atoms with Gasteiger partial charge in [0.05, 0.1) is 6.42 Å². The van der Waals surface area contributed by atoms with Crippen molar-refractivity contribution < 1.29 is 14.7 Å². The van der Waals surface area contributed by atoms with Gasteiger partial charge in [0.1, 0.15) is 0 Å². The summed E-state index contributed by atoms with van der Waals surface area (Å²) in [6.07, 6.45) is -0.138. The highest BCUT2D eigenvalue weighted by molar-refractivity contribution is 5.92. The molecular formula is C13H19NO3. The quantitative estimate of drug-likeness (QED) is 0.846. The first-order valence-electron chi connectivity index (χ1n) is 5.66. The molecule has 1 aromatic rings. The lowest BCUT2D eigenvalue weighted by Gasteiger charge is -2.04. The lowest BCUT2D eigenvalue weighted by molar-refractivity contribution is -0.138. The van der Waals surface area contributed by atoms with E-state index in [4.69, 9.17) is 5.11 Å². The van der Waals surface area contributed by atoms with Crippen LogP contribution in [-0.4, -0.2) is 17.0 Å². The van der Waals surface area contributed by atoms with Crippen molar-refractivity contribution in [2.24, 2.45) is 0 Å². The monoisotopic (exact) mass is 237 g/mol. The van der Waals surface area contributed by atoms with Crippen LogP contribution in [0.5, 0.6) is 0 Å². The Morgan fingerprint density at radius 2 is 1.88 bits per heavy atom. The van der Waals surface area contributed by atoms with Crippen molar-refractivity contribution in [2.75, 3.05) is 5.32 Å². The van der Waals surface area contributed by atoms with Crippen molar-refractivity contribution in [3.63, 3.8) is 0 Å². The highest BCUT2D eigenvalue weighted by Gasteiger charge is 2.05. The zero-order chi connectivity index (χ0) is 13.3. The van der Waals surface area contributed by atoms with Gasteiger partial charge in [-0.15, -0.1) is 0 Å². The Morgan fingerprint density at radius 3 is 2.41 bits per heavy atom. The summed E-state index contributed by atoms with van der Waals surface area (Å²) in [5.41, 5.74) is 1.75. The molecule has 0 aliphatic rings. The SMILES string of the molecule is CC.Cc1cccc(NC(=O)CCC(=O)O)c1. The van der Waals surface area contributed by atoms with Gasteiger partial charge < -0.3 is 10.4 Å². The van der Waals surface area contributed by atoms with Gasteiger partial charge in [0.2, 0.25) is 5.91 Å². The van der Waals surface area contributed by atoms with Crippen LogP contribution in [0.2, 0.25) is 0 Å². The van der Waals surface area contributed by atoms with Gasteiger partial charge in [-0.1, -0.05) is 26.0 Å². The van der Waals surface area contributed by atoms with Crippen molar-refractivity contribution in [3.05, 3.63) is 29.8 Å². The molecule has 1 amide bonds. The topological polar surface area (TPSA) is 66.4 Å². The first-order valence-corrected chi connectivity index (χ1v) is 5.66.